The molecule has 0 fully saturated rings. The number of hydrogen-bond donors (Lipinski definition) is 3. The third kappa shape index (κ3) is 2.50. The van der Waals surface area contributed by atoms with Gasteiger partial charge < -0.3 is 10.2 Å². The van der Waals surface area contributed by atoms with Crippen LogP contribution in [0.5, 0.6) is 0 Å². The Hall–Kier alpha value is -1.10. The molecule has 66 valence electrons. The monoisotopic (exact) mass is 169 g/mol. The average molecular weight is 169 g/mol. The number of para-hydroxylation sites is 1. The highest BCUT2D eigenvalue weighted by Gasteiger charge is 2.05. The predicted octanol–water partition coefficient (Wildman–Crippen LogP) is 0.193. The van der Waals surface area contributed by atoms with Crippen molar-refractivity contribution in [1.82, 2.24) is 0 Å². The van der Waals surface area contributed by atoms with Gasteiger partial charge in [0, 0.05) is 0 Å². The lowest BCUT2D eigenvalue weighted by molar-refractivity contribution is -0.0439. The molecule has 0 aliphatic carbocycles. The van der Waals surface area contributed by atoms with Gasteiger partial charge in [0.25, 0.3) is 0 Å². The molecule has 0 unspecified atom stereocenters. The van der Waals surface area contributed by atoms with E-state index in [-0.39, 0.29) is 6.54 Å². The Morgan fingerprint density at radius 2 is 1.75 bits per heavy atom. The Bertz CT molecular complexity index is 225. The molecule has 0 aliphatic heterocycles. The van der Waals surface area contributed by atoms with Crippen molar-refractivity contribution in [2.24, 2.45) is 0 Å². The second-order valence-electron chi connectivity index (χ2n) is 2.40. The molecule has 0 aliphatic rings. The predicted molar refractivity (Wildman–Crippen MR) is 43.8 cm³/mol. The largest absolute Gasteiger partial charge is 0.367 e. The van der Waals surface area contributed by atoms with Gasteiger partial charge in [-0.2, -0.15) is 0 Å². The number of hydroxylamine groups is 1. The van der Waals surface area contributed by atoms with Crippen molar-refractivity contribution in [3.63, 3.8) is 0 Å². The first kappa shape index (κ1) is 8.99. The second kappa shape index (κ2) is 4.06. The molecular formula is C8H11NO3. The summed E-state index contributed by atoms with van der Waals surface area (Å²) in [7, 11) is 0. The van der Waals surface area contributed by atoms with Gasteiger partial charge in [-0.15, -0.1) is 0 Å². The molecule has 12 heavy (non-hydrogen) atoms. The minimum absolute atomic E-state index is 0.218. The molecule has 0 heterocycles. The number of aliphatic hydroxyl groups excluding tert-OH is 1. The SMILES string of the molecule is OC(O)CN(O)c1ccccc1. The van der Waals surface area contributed by atoms with E-state index in [0.29, 0.717) is 5.69 Å². The van der Waals surface area contributed by atoms with Crippen molar-refractivity contribution >= 4 is 5.69 Å². The van der Waals surface area contributed by atoms with Crippen LogP contribution in [0.1, 0.15) is 0 Å². The highest BCUT2D eigenvalue weighted by atomic mass is 16.5. The number of anilines is 1. The molecule has 0 radical (unpaired) electrons. The number of aliphatic hydroxyl groups is 2. The van der Waals surface area contributed by atoms with E-state index in [1.165, 1.54) is 0 Å². The molecule has 1 aromatic carbocycles. The summed E-state index contributed by atoms with van der Waals surface area (Å²) in [5.74, 6) is 0. The third-order valence-electron chi connectivity index (χ3n) is 1.39. The standard InChI is InChI=1S/C8H11NO3/c10-8(11)6-9(12)7-4-2-1-3-5-7/h1-5,8,10-12H,6H2. The molecule has 0 saturated heterocycles. The van der Waals surface area contributed by atoms with E-state index >= 15 is 0 Å². The van der Waals surface area contributed by atoms with Crippen LogP contribution in [-0.2, 0) is 0 Å². The van der Waals surface area contributed by atoms with Crippen molar-refractivity contribution in [3.8, 4) is 0 Å². The van der Waals surface area contributed by atoms with Crippen molar-refractivity contribution < 1.29 is 15.4 Å². The maximum absolute atomic E-state index is 9.20. The summed E-state index contributed by atoms with van der Waals surface area (Å²) >= 11 is 0. The van der Waals surface area contributed by atoms with Gasteiger partial charge >= 0.3 is 0 Å². The Balaban J connectivity index is 2.59. The van der Waals surface area contributed by atoms with Crippen molar-refractivity contribution in [1.29, 1.82) is 0 Å². The van der Waals surface area contributed by atoms with Gasteiger partial charge in [-0.25, -0.2) is 0 Å². The maximum atomic E-state index is 9.20. The van der Waals surface area contributed by atoms with Crippen LogP contribution < -0.4 is 5.06 Å². The first-order valence-electron chi connectivity index (χ1n) is 3.58. The first-order valence-corrected chi connectivity index (χ1v) is 3.58. The van der Waals surface area contributed by atoms with Gasteiger partial charge in [-0.3, -0.25) is 10.3 Å². The van der Waals surface area contributed by atoms with Crippen LogP contribution in [0.2, 0.25) is 0 Å². The first-order chi connectivity index (χ1) is 5.70. The molecule has 0 amide bonds. The van der Waals surface area contributed by atoms with Crippen molar-refractivity contribution in [3.05, 3.63) is 30.3 Å². The smallest absolute Gasteiger partial charge is 0.171 e. The topological polar surface area (TPSA) is 63.9 Å². The quantitative estimate of drug-likeness (QED) is 0.446. The third-order valence-corrected chi connectivity index (χ3v) is 1.39. The minimum Gasteiger partial charge on any atom is -0.367 e. The Morgan fingerprint density at radius 1 is 1.17 bits per heavy atom. The van der Waals surface area contributed by atoms with Crippen molar-refractivity contribution in [2.45, 2.75) is 6.29 Å². The molecule has 0 saturated carbocycles. The number of benzene rings is 1. The maximum Gasteiger partial charge on any atom is 0.171 e. The second-order valence-corrected chi connectivity index (χ2v) is 2.40. The minimum atomic E-state index is -1.53. The lowest BCUT2D eigenvalue weighted by atomic mass is 10.3. The molecule has 0 atom stereocenters. The number of hydrogen-bond acceptors (Lipinski definition) is 4. The average Bonchev–Trinajstić information content (AvgIpc) is 2.05. The number of nitrogens with zero attached hydrogens (tertiary/aromatic N) is 1. The van der Waals surface area contributed by atoms with E-state index < -0.39 is 6.29 Å². The molecule has 4 heteroatoms. The summed E-state index contributed by atoms with van der Waals surface area (Å²) in [5.41, 5.74) is 0.533. The van der Waals surface area contributed by atoms with Gasteiger partial charge in [0.05, 0.1) is 12.2 Å². The molecule has 1 aromatic rings. The normalized spacial score (nSPS) is 10.3. The fourth-order valence-corrected chi connectivity index (χ4v) is 0.860. The van der Waals surface area contributed by atoms with E-state index in [1.54, 1.807) is 24.3 Å². The Morgan fingerprint density at radius 3 is 2.25 bits per heavy atom. The van der Waals surface area contributed by atoms with Gasteiger partial charge in [0.2, 0.25) is 0 Å². The van der Waals surface area contributed by atoms with Gasteiger partial charge in [-0.05, 0) is 12.1 Å². The van der Waals surface area contributed by atoms with Crippen LogP contribution >= 0.6 is 0 Å². The summed E-state index contributed by atoms with van der Waals surface area (Å²) in [4.78, 5) is 0. The Kier molecular flexibility index (Phi) is 3.04. The van der Waals surface area contributed by atoms with Crippen LogP contribution in [0.3, 0.4) is 0 Å². The molecule has 0 aromatic heterocycles. The zero-order valence-corrected chi connectivity index (χ0v) is 6.46. The fourth-order valence-electron chi connectivity index (χ4n) is 0.860. The Labute approximate surface area is 70.3 Å². The summed E-state index contributed by atoms with van der Waals surface area (Å²) in [6.45, 7) is -0.218. The number of rotatable bonds is 3. The van der Waals surface area contributed by atoms with Crippen LogP contribution in [0.25, 0.3) is 0 Å². The van der Waals surface area contributed by atoms with Crippen LogP contribution in [0.15, 0.2) is 30.3 Å². The fraction of sp³-hybridized carbons (Fsp3) is 0.250. The van der Waals surface area contributed by atoms with E-state index in [2.05, 4.69) is 0 Å². The lowest BCUT2D eigenvalue weighted by Gasteiger charge is -2.17. The summed E-state index contributed by atoms with van der Waals surface area (Å²) in [6.07, 6.45) is -1.53. The van der Waals surface area contributed by atoms with E-state index in [9.17, 15) is 5.21 Å². The highest BCUT2D eigenvalue weighted by molar-refractivity contribution is 5.42. The molecule has 4 nitrogen and oxygen atoms in total. The van der Waals surface area contributed by atoms with Crippen LogP contribution in [0, 0.1) is 0 Å². The van der Waals surface area contributed by atoms with Crippen LogP contribution in [-0.4, -0.2) is 28.3 Å². The van der Waals surface area contributed by atoms with Crippen LogP contribution in [0.4, 0.5) is 5.69 Å². The van der Waals surface area contributed by atoms with Crippen molar-refractivity contribution in [2.75, 3.05) is 11.6 Å². The molecule has 0 spiro atoms. The molecule has 3 N–H and O–H groups in total. The molecule has 0 bridgehead atoms. The van der Waals surface area contributed by atoms with Gasteiger partial charge in [0.1, 0.15) is 0 Å². The summed E-state index contributed by atoms with van der Waals surface area (Å²) in [5, 5.41) is 27.1. The highest BCUT2D eigenvalue weighted by Crippen LogP contribution is 2.10. The summed E-state index contributed by atoms with van der Waals surface area (Å²) in [6, 6.07) is 8.65. The van der Waals surface area contributed by atoms with E-state index in [1.807, 2.05) is 6.07 Å². The zero-order valence-electron chi connectivity index (χ0n) is 6.46. The zero-order chi connectivity index (χ0) is 8.97. The lowest BCUT2D eigenvalue weighted by Crippen LogP contribution is -2.28. The van der Waals surface area contributed by atoms with E-state index in [4.69, 9.17) is 10.2 Å². The molecule has 1 rings (SSSR count). The van der Waals surface area contributed by atoms with E-state index in [0.717, 1.165) is 5.06 Å². The molecular weight excluding hydrogens is 158 g/mol. The summed E-state index contributed by atoms with van der Waals surface area (Å²) < 4.78 is 0. The van der Waals surface area contributed by atoms with Gasteiger partial charge in [0.15, 0.2) is 6.29 Å². The van der Waals surface area contributed by atoms with Gasteiger partial charge in [-0.1, -0.05) is 18.2 Å².